The summed E-state index contributed by atoms with van der Waals surface area (Å²) in [6.07, 6.45) is 4.44. The topological polar surface area (TPSA) is 28.4 Å². The molecule has 0 aliphatic heterocycles. The van der Waals surface area contributed by atoms with E-state index in [2.05, 4.69) is 50.9 Å². The molecule has 1 aliphatic rings. The van der Waals surface area contributed by atoms with Gasteiger partial charge in [-0.05, 0) is 51.7 Å². The van der Waals surface area contributed by atoms with Crippen molar-refractivity contribution in [1.29, 1.82) is 0 Å². The predicted octanol–water partition coefficient (Wildman–Crippen LogP) is 3.66. The van der Waals surface area contributed by atoms with Crippen molar-refractivity contribution in [2.24, 2.45) is 5.92 Å². The summed E-state index contributed by atoms with van der Waals surface area (Å²) in [5.74, 6) is 1.72. The Morgan fingerprint density at radius 2 is 2.05 bits per heavy atom. The van der Waals surface area contributed by atoms with Crippen LogP contribution in [0.3, 0.4) is 0 Å². The Balaban J connectivity index is 2.03. The Labute approximate surface area is 123 Å². The Hall–Kier alpha value is -0.800. The molecular formula is C17H30N2O. The molecule has 2 rings (SSSR count). The first-order valence-electron chi connectivity index (χ1n) is 7.90. The van der Waals surface area contributed by atoms with Crippen LogP contribution in [0.15, 0.2) is 22.8 Å². The first kappa shape index (κ1) is 15.6. The van der Waals surface area contributed by atoms with Crippen LogP contribution in [0.25, 0.3) is 0 Å². The highest BCUT2D eigenvalue weighted by atomic mass is 16.3. The molecule has 0 radical (unpaired) electrons. The number of hydrogen-bond acceptors (Lipinski definition) is 3. The zero-order valence-electron chi connectivity index (χ0n) is 13.6. The summed E-state index contributed by atoms with van der Waals surface area (Å²) >= 11 is 0. The monoisotopic (exact) mass is 278 g/mol. The summed E-state index contributed by atoms with van der Waals surface area (Å²) in [4.78, 5) is 2.64. The summed E-state index contributed by atoms with van der Waals surface area (Å²) in [7, 11) is 0. The molecule has 1 aromatic rings. The molecule has 1 unspecified atom stereocenters. The second kappa shape index (κ2) is 6.31. The molecule has 1 N–H and O–H groups in total. The fourth-order valence-electron chi connectivity index (χ4n) is 2.65. The molecule has 0 bridgehead atoms. The van der Waals surface area contributed by atoms with E-state index in [0.29, 0.717) is 12.0 Å². The van der Waals surface area contributed by atoms with E-state index >= 15 is 0 Å². The van der Waals surface area contributed by atoms with Crippen molar-refractivity contribution in [1.82, 2.24) is 10.2 Å². The highest BCUT2D eigenvalue weighted by Gasteiger charge is 2.35. The molecule has 0 spiro atoms. The summed E-state index contributed by atoms with van der Waals surface area (Å²) in [6.45, 7) is 13.3. The maximum atomic E-state index is 5.56. The second-order valence-electron chi connectivity index (χ2n) is 7.43. The molecule has 114 valence electrons. The van der Waals surface area contributed by atoms with Crippen molar-refractivity contribution in [2.45, 2.75) is 71.6 Å². The minimum absolute atomic E-state index is 0.174. The van der Waals surface area contributed by atoms with E-state index in [4.69, 9.17) is 4.42 Å². The van der Waals surface area contributed by atoms with Crippen molar-refractivity contribution >= 4 is 0 Å². The van der Waals surface area contributed by atoms with E-state index < -0.39 is 0 Å². The molecule has 1 atom stereocenters. The van der Waals surface area contributed by atoms with Gasteiger partial charge in [-0.25, -0.2) is 0 Å². The van der Waals surface area contributed by atoms with Crippen LogP contribution < -0.4 is 5.32 Å². The molecule has 1 aliphatic carbocycles. The SMILES string of the molecule is CC(C)C(CNC(C)(C)C)N(Cc1ccco1)C1CC1. The average Bonchev–Trinajstić information content (AvgIpc) is 3.04. The average molecular weight is 278 g/mol. The maximum Gasteiger partial charge on any atom is 0.117 e. The van der Waals surface area contributed by atoms with Crippen molar-refractivity contribution < 1.29 is 4.42 Å². The lowest BCUT2D eigenvalue weighted by molar-refractivity contribution is 0.118. The lowest BCUT2D eigenvalue weighted by Crippen LogP contribution is -2.50. The molecular weight excluding hydrogens is 248 g/mol. The molecule has 1 heterocycles. The first-order valence-corrected chi connectivity index (χ1v) is 7.90. The van der Waals surface area contributed by atoms with Crippen LogP contribution in [0.5, 0.6) is 0 Å². The van der Waals surface area contributed by atoms with Crippen LogP contribution in [0.2, 0.25) is 0 Å². The minimum atomic E-state index is 0.174. The van der Waals surface area contributed by atoms with Crippen molar-refractivity contribution in [3.05, 3.63) is 24.2 Å². The predicted molar refractivity (Wildman–Crippen MR) is 83.7 cm³/mol. The number of nitrogens with one attached hydrogen (secondary N) is 1. The van der Waals surface area contributed by atoms with Crippen LogP contribution >= 0.6 is 0 Å². The number of furan rings is 1. The van der Waals surface area contributed by atoms with Gasteiger partial charge in [-0.15, -0.1) is 0 Å². The van der Waals surface area contributed by atoms with Gasteiger partial charge in [0.2, 0.25) is 0 Å². The highest BCUT2D eigenvalue weighted by Crippen LogP contribution is 2.32. The molecule has 1 aromatic heterocycles. The molecule has 0 amide bonds. The molecule has 3 heteroatoms. The Kier molecular flexibility index (Phi) is 4.92. The van der Waals surface area contributed by atoms with Crippen molar-refractivity contribution in [3.8, 4) is 0 Å². The molecule has 1 saturated carbocycles. The van der Waals surface area contributed by atoms with E-state index in [1.807, 2.05) is 6.07 Å². The van der Waals surface area contributed by atoms with Gasteiger partial charge in [0.15, 0.2) is 0 Å². The summed E-state index contributed by atoms with van der Waals surface area (Å²) in [5, 5.41) is 3.67. The fraction of sp³-hybridized carbons (Fsp3) is 0.765. The zero-order valence-corrected chi connectivity index (χ0v) is 13.6. The highest BCUT2D eigenvalue weighted by molar-refractivity contribution is 5.01. The van der Waals surface area contributed by atoms with Crippen LogP contribution in [0.4, 0.5) is 0 Å². The maximum absolute atomic E-state index is 5.56. The van der Waals surface area contributed by atoms with E-state index in [1.54, 1.807) is 6.26 Å². The summed E-state index contributed by atoms with van der Waals surface area (Å²) < 4.78 is 5.56. The summed E-state index contributed by atoms with van der Waals surface area (Å²) in [6, 6.07) is 5.38. The normalized spacial score (nSPS) is 17.9. The van der Waals surface area contributed by atoms with Crippen LogP contribution in [0, 0.1) is 5.92 Å². The van der Waals surface area contributed by atoms with Gasteiger partial charge in [0, 0.05) is 24.2 Å². The van der Waals surface area contributed by atoms with Crippen LogP contribution in [0.1, 0.15) is 53.2 Å². The quantitative estimate of drug-likeness (QED) is 0.825. The van der Waals surface area contributed by atoms with Gasteiger partial charge in [0.05, 0.1) is 12.8 Å². The fourth-order valence-corrected chi connectivity index (χ4v) is 2.65. The van der Waals surface area contributed by atoms with E-state index in [0.717, 1.165) is 24.9 Å². The third kappa shape index (κ3) is 4.64. The smallest absolute Gasteiger partial charge is 0.117 e. The van der Waals surface area contributed by atoms with Gasteiger partial charge in [0.1, 0.15) is 5.76 Å². The molecule has 1 fully saturated rings. The lowest BCUT2D eigenvalue weighted by Gasteiger charge is -2.36. The van der Waals surface area contributed by atoms with Gasteiger partial charge in [-0.2, -0.15) is 0 Å². The standard InChI is InChI=1S/C17H30N2O/c1-13(2)16(11-18-17(3,4)5)19(14-8-9-14)12-15-7-6-10-20-15/h6-7,10,13-14,16,18H,8-9,11-12H2,1-5H3. The van der Waals surface area contributed by atoms with Gasteiger partial charge in [-0.3, -0.25) is 4.90 Å². The third-order valence-electron chi connectivity index (χ3n) is 3.97. The van der Waals surface area contributed by atoms with Gasteiger partial charge in [-0.1, -0.05) is 13.8 Å². The molecule has 3 nitrogen and oxygen atoms in total. The van der Waals surface area contributed by atoms with Gasteiger partial charge >= 0.3 is 0 Å². The Bertz CT molecular complexity index is 388. The zero-order chi connectivity index (χ0) is 14.8. The Morgan fingerprint density at radius 1 is 1.35 bits per heavy atom. The molecule has 0 saturated heterocycles. The molecule has 20 heavy (non-hydrogen) atoms. The van der Waals surface area contributed by atoms with Gasteiger partial charge < -0.3 is 9.73 Å². The van der Waals surface area contributed by atoms with Crippen LogP contribution in [-0.2, 0) is 6.54 Å². The Morgan fingerprint density at radius 3 is 2.50 bits per heavy atom. The van der Waals surface area contributed by atoms with Gasteiger partial charge in [0.25, 0.3) is 0 Å². The first-order chi connectivity index (χ1) is 9.37. The number of hydrogen-bond donors (Lipinski definition) is 1. The van der Waals surface area contributed by atoms with Crippen molar-refractivity contribution in [2.75, 3.05) is 6.54 Å². The van der Waals surface area contributed by atoms with E-state index in [9.17, 15) is 0 Å². The second-order valence-corrected chi connectivity index (χ2v) is 7.43. The number of rotatable bonds is 7. The van der Waals surface area contributed by atoms with Crippen molar-refractivity contribution in [3.63, 3.8) is 0 Å². The lowest BCUT2D eigenvalue weighted by atomic mass is 10.00. The number of nitrogens with zero attached hydrogens (tertiary/aromatic N) is 1. The largest absolute Gasteiger partial charge is 0.468 e. The minimum Gasteiger partial charge on any atom is -0.468 e. The van der Waals surface area contributed by atoms with E-state index in [1.165, 1.54) is 12.8 Å². The molecule has 0 aromatic carbocycles. The summed E-state index contributed by atoms with van der Waals surface area (Å²) in [5.41, 5.74) is 0.174. The third-order valence-corrected chi connectivity index (χ3v) is 3.97. The van der Waals surface area contributed by atoms with E-state index in [-0.39, 0.29) is 5.54 Å². The van der Waals surface area contributed by atoms with Crippen LogP contribution in [-0.4, -0.2) is 29.1 Å².